The maximum atomic E-state index is 6.01. The summed E-state index contributed by atoms with van der Waals surface area (Å²) in [6, 6.07) is 5.20. The van der Waals surface area contributed by atoms with Crippen LogP contribution in [0, 0.1) is 0 Å². The fourth-order valence-corrected chi connectivity index (χ4v) is 3.06. The van der Waals surface area contributed by atoms with Gasteiger partial charge in [-0.05, 0) is 50.8 Å². The molecule has 0 radical (unpaired) electrons. The van der Waals surface area contributed by atoms with Gasteiger partial charge >= 0.3 is 0 Å². The molecule has 0 saturated heterocycles. The fourth-order valence-electron chi connectivity index (χ4n) is 2.89. The summed E-state index contributed by atoms with van der Waals surface area (Å²) in [5, 5.41) is 4.71. The predicted octanol–water partition coefficient (Wildman–Crippen LogP) is 3.78. The van der Waals surface area contributed by atoms with Crippen molar-refractivity contribution in [1.82, 2.24) is 10.1 Å². The van der Waals surface area contributed by atoms with Crippen LogP contribution in [0.1, 0.15) is 38.4 Å². The predicted molar refractivity (Wildman–Crippen MR) is 80.9 cm³/mol. The van der Waals surface area contributed by atoms with E-state index in [2.05, 4.69) is 10.1 Å². The number of nitrogen functional groups attached to an aromatic ring is 1. The average molecular weight is 308 g/mol. The topological polar surface area (TPSA) is 74.2 Å². The van der Waals surface area contributed by atoms with Crippen LogP contribution in [-0.4, -0.2) is 16.7 Å². The number of ether oxygens (including phenoxy) is 1. The van der Waals surface area contributed by atoms with Gasteiger partial charge in [-0.2, -0.15) is 4.98 Å². The smallest absolute Gasteiger partial charge is 0.260 e. The Balaban J connectivity index is 1.97. The quantitative estimate of drug-likeness (QED) is 0.870. The molecule has 0 spiro atoms. The van der Waals surface area contributed by atoms with E-state index in [0.29, 0.717) is 34.6 Å². The number of aromatic nitrogens is 2. The van der Waals surface area contributed by atoms with E-state index in [1.807, 2.05) is 6.92 Å². The van der Waals surface area contributed by atoms with Crippen LogP contribution in [0.2, 0.25) is 5.02 Å². The van der Waals surface area contributed by atoms with Crippen LogP contribution in [0.15, 0.2) is 22.7 Å². The Morgan fingerprint density at radius 2 is 2.14 bits per heavy atom. The first-order valence-corrected chi connectivity index (χ1v) is 7.56. The van der Waals surface area contributed by atoms with Crippen LogP contribution in [0.25, 0.3) is 11.5 Å². The van der Waals surface area contributed by atoms with Gasteiger partial charge in [0.05, 0.1) is 5.56 Å². The summed E-state index contributed by atoms with van der Waals surface area (Å²) in [5.74, 6) is 0.993. The van der Waals surface area contributed by atoms with Gasteiger partial charge in [0.2, 0.25) is 5.82 Å². The van der Waals surface area contributed by atoms with E-state index in [4.69, 9.17) is 26.6 Å². The maximum absolute atomic E-state index is 6.01. The second kappa shape index (κ2) is 5.66. The van der Waals surface area contributed by atoms with Crippen molar-refractivity contribution in [3.8, 4) is 11.5 Å². The molecule has 5 nitrogen and oxygen atoms in total. The minimum atomic E-state index is -0.413. The lowest BCUT2D eigenvalue weighted by Crippen LogP contribution is -2.27. The molecule has 0 aliphatic heterocycles. The van der Waals surface area contributed by atoms with E-state index >= 15 is 0 Å². The van der Waals surface area contributed by atoms with Gasteiger partial charge in [-0.1, -0.05) is 16.8 Å². The first-order valence-electron chi connectivity index (χ1n) is 7.18. The molecule has 0 bridgehead atoms. The lowest BCUT2D eigenvalue weighted by Gasteiger charge is -2.24. The Morgan fingerprint density at radius 1 is 1.38 bits per heavy atom. The van der Waals surface area contributed by atoms with E-state index < -0.39 is 5.60 Å². The molecule has 1 saturated carbocycles. The minimum absolute atomic E-state index is 0.385. The van der Waals surface area contributed by atoms with Crippen LogP contribution in [-0.2, 0) is 10.3 Å². The molecule has 1 aliphatic rings. The van der Waals surface area contributed by atoms with Gasteiger partial charge < -0.3 is 15.0 Å². The molecule has 1 aliphatic carbocycles. The van der Waals surface area contributed by atoms with Gasteiger partial charge in [0.25, 0.3) is 5.89 Å². The Kier molecular flexibility index (Phi) is 3.87. The number of hydrogen-bond acceptors (Lipinski definition) is 5. The van der Waals surface area contributed by atoms with Crippen LogP contribution < -0.4 is 5.73 Å². The zero-order valence-electron chi connectivity index (χ0n) is 11.9. The zero-order valence-corrected chi connectivity index (χ0v) is 12.7. The van der Waals surface area contributed by atoms with Gasteiger partial charge in [-0.15, -0.1) is 0 Å². The number of rotatable bonds is 4. The minimum Gasteiger partial charge on any atom is -0.398 e. The standard InChI is InChI=1S/C15H18ClN3O2/c1-2-20-15(7-3-4-8-15)14-18-13(21-19-14)11-9-10(16)5-6-12(11)17/h5-6,9H,2-4,7-8,17H2,1H3. The first-order chi connectivity index (χ1) is 10.1. The summed E-state index contributed by atoms with van der Waals surface area (Å²) in [7, 11) is 0. The van der Waals surface area contributed by atoms with Crippen LogP contribution in [0.3, 0.4) is 0 Å². The number of benzene rings is 1. The Hall–Kier alpha value is -1.59. The number of halogens is 1. The summed E-state index contributed by atoms with van der Waals surface area (Å²) in [6.45, 7) is 2.61. The molecule has 1 aromatic carbocycles. The normalized spacial score (nSPS) is 17.2. The third kappa shape index (κ3) is 2.63. The lowest BCUT2D eigenvalue weighted by molar-refractivity contribution is -0.0469. The van der Waals surface area contributed by atoms with Crippen molar-refractivity contribution in [3.05, 3.63) is 29.0 Å². The fraction of sp³-hybridized carbons (Fsp3) is 0.467. The third-order valence-corrected chi connectivity index (χ3v) is 4.15. The summed E-state index contributed by atoms with van der Waals surface area (Å²) < 4.78 is 11.3. The average Bonchev–Trinajstić information content (AvgIpc) is 3.11. The van der Waals surface area contributed by atoms with Crippen LogP contribution in [0.4, 0.5) is 5.69 Å². The summed E-state index contributed by atoms with van der Waals surface area (Å²) in [4.78, 5) is 4.51. The maximum Gasteiger partial charge on any atom is 0.260 e. The van der Waals surface area contributed by atoms with E-state index in [0.717, 1.165) is 25.7 Å². The molecule has 21 heavy (non-hydrogen) atoms. The van der Waals surface area contributed by atoms with Gasteiger partial charge in [0.15, 0.2) is 0 Å². The van der Waals surface area contributed by atoms with Crippen molar-refractivity contribution < 1.29 is 9.26 Å². The monoisotopic (exact) mass is 307 g/mol. The molecule has 1 fully saturated rings. The molecule has 0 unspecified atom stereocenters. The molecule has 1 aromatic heterocycles. The van der Waals surface area contributed by atoms with Crippen molar-refractivity contribution >= 4 is 17.3 Å². The number of hydrogen-bond donors (Lipinski definition) is 1. The molecule has 112 valence electrons. The SMILES string of the molecule is CCOC1(c2noc(-c3cc(Cl)ccc3N)n2)CCCC1. The van der Waals surface area contributed by atoms with E-state index in [1.165, 1.54) is 0 Å². The molecule has 2 N–H and O–H groups in total. The molecular formula is C15H18ClN3O2. The molecule has 0 amide bonds. The molecule has 2 aromatic rings. The Labute approximate surface area is 128 Å². The highest BCUT2D eigenvalue weighted by molar-refractivity contribution is 6.31. The van der Waals surface area contributed by atoms with Crippen molar-refractivity contribution in [1.29, 1.82) is 0 Å². The molecule has 0 atom stereocenters. The van der Waals surface area contributed by atoms with Crippen molar-refractivity contribution in [3.63, 3.8) is 0 Å². The van der Waals surface area contributed by atoms with Crippen LogP contribution >= 0.6 is 11.6 Å². The van der Waals surface area contributed by atoms with Gasteiger partial charge in [-0.25, -0.2) is 0 Å². The highest BCUT2D eigenvalue weighted by atomic mass is 35.5. The van der Waals surface area contributed by atoms with E-state index in [1.54, 1.807) is 18.2 Å². The van der Waals surface area contributed by atoms with Crippen molar-refractivity contribution in [2.24, 2.45) is 0 Å². The second-order valence-corrected chi connectivity index (χ2v) is 5.73. The van der Waals surface area contributed by atoms with Gasteiger partial charge in [-0.3, -0.25) is 0 Å². The summed E-state index contributed by atoms with van der Waals surface area (Å²) in [5.41, 5.74) is 6.77. The number of nitrogens with zero attached hydrogens (tertiary/aromatic N) is 2. The molecule has 3 rings (SSSR count). The first kappa shape index (κ1) is 14.4. The Bertz CT molecular complexity index is 636. The second-order valence-electron chi connectivity index (χ2n) is 5.29. The largest absolute Gasteiger partial charge is 0.398 e. The van der Waals surface area contributed by atoms with Crippen molar-refractivity contribution in [2.45, 2.75) is 38.2 Å². The molecular weight excluding hydrogens is 290 g/mol. The summed E-state index contributed by atoms with van der Waals surface area (Å²) in [6.07, 6.45) is 4.07. The van der Waals surface area contributed by atoms with Crippen molar-refractivity contribution in [2.75, 3.05) is 12.3 Å². The van der Waals surface area contributed by atoms with E-state index in [-0.39, 0.29) is 0 Å². The highest BCUT2D eigenvalue weighted by Crippen LogP contribution is 2.41. The van der Waals surface area contributed by atoms with Crippen LogP contribution in [0.5, 0.6) is 0 Å². The number of nitrogens with two attached hydrogens (primary N) is 1. The van der Waals surface area contributed by atoms with Gasteiger partial charge in [0, 0.05) is 17.3 Å². The number of anilines is 1. The summed E-state index contributed by atoms with van der Waals surface area (Å²) >= 11 is 6.01. The zero-order chi connectivity index (χ0) is 14.9. The van der Waals surface area contributed by atoms with Gasteiger partial charge in [0.1, 0.15) is 5.60 Å². The third-order valence-electron chi connectivity index (χ3n) is 3.91. The molecule has 1 heterocycles. The Morgan fingerprint density at radius 3 is 2.86 bits per heavy atom. The van der Waals surface area contributed by atoms with E-state index in [9.17, 15) is 0 Å². The molecule has 6 heteroatoms. The highest BCUT2D eigenvalue weighted by Gasteiger charge is 2.41. The lowest BCUT2D eigenvalue weighted by atomic mass is 10.0.